The molecule has 0 amide bonds. The minimum absolute atomic E-state index is 0. The van der Waals surface area contributed by atoms with Gasteiger partial charge in [0.05, 0.1) is 29.1 Å². The van der Waals surface area contributed by atoms with Crippen molar-refractivity contribution in [2.45, 2.75) is 26.2 Å². The van der Waals surface area contributed by atoms with Crippen molar-refractivity contribution in [2.75, 3.05) is 0 Å². The summed E-state index contributed by atoms with van der Waals surface area (Å²) in [4.78, 5) is 4.79. The molecule has 3 aromatic heterocycles. The molecule has 0 aliphatic carbocycles. The summed E-state index contributed by atoms with van der Waals surface area (Å²) in [7, 11) is 0. The van der Waals surface area contributed by atoms with E-state index >= 15 is 0 Å². The van der Waals surface area contributed by atoms with E-state index < -0.39 is 42.3 Å². The summed E-state index contributed by atoms with van der Waals surface area (Å²) >= 11 is 0. The number of hydrogen-bond donors (Lipinski definition) is 0. The Morgan fingerprint density at radius 3 is 2.19 bits per heavy atom. The van der Waals surface area contributed by atoms with E-state index in [-0.39, 0.29) is 60.9 Å². The molecule has 0 fully saturated rings. The number of imidazole rings is 1. The topological polar surface area (TPSA) is 35.9 Å². The second-order valence-corrected chi connectivity index (χ2v) is 14.6. The Balaban J connectivity index is 0.00000562. The van der Waals surface area contributed by atoms with Crippen LogP contribution in [0.4, 0.5) is 0 Å². The van der Waals surface area contributed by atoms with Gasteiger partial charge in [0.2, 0.25) is 0 Å². The predicted molar refractivity (Wildman–Crippen MR) is 230 cm³/mol. The Labute approximate surface area is 365 Å². The maximum atomic E-state index is 8.98. The number of benzene rings is 7. The number of fused-ring (bicyclic) bond motifs is 4. The van der Waals surface area contributed by atoms with Gasteiger partial charge in [0.15, 0.2) is 0 Å². The summed E-state index contributed by atoms with van der Waals surface area (Å²) < 4.78 is 89.7. The fourth-order valence-corrected chi connectivity index (χ4v) is 7.34. The van der Waals surface area contributed by atoms with E-state index in [1.165, 1.54) is 6.07 Å². The largest absolute Gasteiger partial charge is 0.510 e. The molecule has 0 saturated heterocycles. The number of hydrogen-bond acceptors (Lipinski definition) is 2. The number of pyridine rings is 1. The molecule has 5 nitrogen and oxygen atoms in total. The summed E-state index contributed by atoms with van der Waals surface area (Å²) in [6.07, 6.45) is 5.27. The van der Waals surface area contributed by atoms with Crippen molar-refractivity contribution in [2.24, 2.45) is 0 Å². The van der Waals surface area contributed by atoms with Gasteiger partial charge >= 0.3 is 0 Å². The van der Waals surface area contributed by atoms with Gasteiger partial charge in [0.1, 0.15) is 5.82 Å². The molecule has 7 aromatic carbocycles. The molecule has 0 unspecified atom stereocenters. The van der Waals surface area contributed by atoms with Crippen LogP contribution in [0.15, 0.2) is 176 Å². The molecule has 10 aromatic rings. The molecular weight excluding hydrogens is 892 g/mol. The molecule has 58 heavy (non-hydrogen) atoms. The number of nitrogens with zero attached hydrogens (tertiary/aromatic N) is 4. The van der Waals surface area contributed by atoms with Crippen molar-refractivity contribution in [3.8, 4) is 50.9 Å². The van der Waals surface area contributed by atoms with Crippen LogP contribution >= 0.6 is 0 Å². The van der Waals surface area contributed by atoms with E-state index in [0.717, 1.165) is 33.2 Å². The predicted octanol–water partition coefficient (Wildman–Crippen LogP) is 12.2. The maximum Gasteiger partial charge on any atom is 0.268 e. The molecule has 0 aliphatic rings. The first kappa shape index (κ1) is 27.9. The van der Waals surface area contributed by atoms with Crippen LogP contribution in [0.2, 0.25) is 0 Å². The van der Waals surface area contributed by atoms with Crippen LogP contribution in [0.3, 0.4) is 0 Å². The van der Waals surface area contributed by atoms with Gasteiger partial charge in [-0.05, 0) is 62.5 Å². The summed E-state index contributed by atoms with van der Waals surface area (Å²) in [5, 5.41) is 2.05. The average Bonchev–Trinajstić information content (AvgIpc) is 3.86. The molecule has 0 atom stereocenters. The Bertz CT molecular complexity index is 3610. The van der Waals surface area contributed by atoms with Crippen molar-refractivity contribution in [1.82, 2.24) is 14.1 Å². The van der Waals surface area contributed by atoms with Crippen LogP contribution in [-0.2, 0) is 26.5 Å². The van der Waals surface area contributed by atoms with E-state index in [1.54, 1.807) is 33.4 Å². The zero-order valence-electron chi connectivity index (χ0n) is 40.6. The Morgan fingerprint density at radius 2 is 1.36 bits per heavy atom. The molecule has 0 saturated carbocycles. The monoisotopic (exact) mass is 938 g/mol. The summed E-state index contributed by atoms with van der Waals surface area (Å²) in [5.41, 5.74) is 5.52. The van der Waals surface area contributed by atoms with Gasteiger partial charge in [0, 0.05) is 44.3 Å². The van der Waals surface area contributed by atoms with Gasteiger partial charge in [0.25, 0.3) is 6.33 Å². The van der Waals surface area contributed by atoms with Crippen molar-refractivity contribution in [3.05, 3.63) is 200 Å². The number of ether oxygens (including phenoxy) is 1. The van der Waals surface area contributed by atoms with Crippen molar-refractivity contribution in [1.29, 1.82) is 0 Å². The summed E-state index contributed by atoms with van der Waals surface area (Å²) in [5.74, 6) is 1.60. The number of rotatable bonds is 7. The van der Waals surface area contributed by atoms with Crippen LogP contribution in [0.25, 0.3) is 72.3 Å². The Kier molecular flexibility index (Phi) is 7.27. The normalized spacial score (nSPS) is 13.7. The molecule has 0 spiro atoms. The molecule has 0 aliphatic heterocycles. The average molecular weight is 939 g/mol. The van der Waals surface area contributed by atoms with Crippen LogP contribution in [0.5, 0.6) is 11.5 Å². The number of aromatic nitrogens is 4. The van der Waals surface area contributed by atoms with Gasteiger partial charge in [-0.2, -0.15) is 18.2 Å². The molecule has 0 radical (unpaired) electrons. The Hall–Kier alpha value is -6.55. The second kappa shape index (κ2) is 15.1. The van der Waals surface area contributed by atoms with E-state index in [0.29, 0.717) is 33.8 Å². The smallest absolute Gasteiger partial charge is 0.268 e. The summed E-state index contributed by atoms with van der Waals surface area (Å²) in [6, 6.07) is 38.5. The van der Waals surface area contributed by atoms with Gasteiger partial charge in [-0.3, -0.25) is 4.57 Å². The van der Waals surface area contributed by atoms with Crippen LogP contribution in [0, 0.1) is 18.5 Å². The van der Waals surface area contributed by atoms with E-state index in [2.05, 4.69) is 62.0 Å². The third kappa shape index (κ3) is 6.62. The van der Waals surface area contributed by atoms with Crippen molar-refractivity contribution >= 4 is 32.8 Å². The molecule has 6 heteroatoms. The van der Waals surface area contributed by atoms with E-state index in [4.69, 9.17) is 22.1 Å². The zero-order valence-corrected chi connectivity index (χ0v) is 33.8. The molecule has 3 heterocycles. The fourth-order valence-electron chi connectivity index (χ4n) is 7.34. The quantitative estimate of drug-likeness (QED) is 0.118. The standard InChI is InChI=1S/C52H38N4O.Pt/c1-52(2,3)38-30-31-53-50(32-38)56-46-25-11-10-22-44(46)45-29-28-41(34-49(45)56)57-40-21-14-20-39(33-40)54-35-55(48-27-13-12-26-47(48)54)51-42(36-16-6-4-7-17-36)23-15-24-43(51)37-18-8-5-9-19-37;/h4-32H,1-3H3;/q-2;/i4D,5D,6D,7D,8D,9D,16D,17D,18D;. The first-order valence-electron chi connectivity index (χ1n) is 23.0. The third-order valence-electron chi connectivity index (χ3n) is 10.0. The zero-order chi connectivity index (χ0) is 46.3. The minimum Gasteiger partial charge on any atom is -0.510 e. The first-order valence-corrected chi connectivity index (χ1v) is 18.5. The fraction of sp³-hybridized carbons (Fsp3) is 0.0769. The van der Waals surface area contributed by atoms with E-state index in [9.17, 15) is 0 Å². The minimum atomic E-state index is -0.542. The van der Waals surface area contributed by atoms with Gasteiger partial charge < -0.3 is 13.9 Å². The van der Waals surface area contributed by atoms with Crippen LogP contribution in [0.1, 0.15) is 38.7 Å². The van der Waals surface area contributed by atoms with Crippen molar-refractivity contribution < 1.29 is 42.7 Å². The molecule has 284 valence electrons. The van der Waals surface area contributed by atoms with Gasteiger partial charge in [-0.25, -0.2) is 4.98 Å². The second-order valence-electron chi connectivity index (χ2n) is 14.6. The van der Waals surface area contributed by atoms with Crippen molar-refractivity contribution in [3.63, 3.8) is 0 Å². The van der Waals surface area contributed by atoms with Gasteiger partial charge in [-0.1, -0.05) is 147 Å². The SMILES string of the molecule is [2H]c1cc(-c2cccc(-c3c([2H])c([2H])c([2H])c([2H])c3[2H])c2-[n+]2[c-]n(-c3[c-]c(Oc4[c-]c5c(cc4)c4ccccc4n5-c4cc(C(C)(C)C)ccn4)ccc3)c3ccccc32)c([2H])c([2H])c1[2H].[Pt]. The molecule has 0 N–H and O–H groups in total. The maximum absolute atomic E-state index is 8.98. The molecule has 0 bridgehead atoms. The third-order valence-corrected chi connectivity index (χ3v) is 10.0. The summed E-state index contributed by atoms with van der Waals surface area (Å²) in [6.45, 7) is 6.52. The Morgan fingerprint density at radius 1 is 0.655 bits per heavy atom. The van der Waals surface area contributed by atoms with E-state index in [1.807, 2.05) is 72.9 Å². The molecular formula is C52H38N4OPt-2. The van der Waals surface area contributed by atoms with Crippen LogP contribution in [-0.4, -0.2) is 14.1 Å². The first-order chi connectivity index (χ1) is 31.6. The molecule has 10 rings (SSSR count). The number of para-hydroxylation sites is 4. The van der Waals surface area contributed by atoms with Gasteiger partial charge in [-0.15, -0.1) is 29.7 Å². The van der Waals surface area contributed by atoms with Crippen LogP contribution < -0.4 is 9.30 Å².